The zero-order chi connectivity index (χ0) is 23.4. The van der Waals surface area contributed by atoms with Gasteiger partial charge in [0.1, 0.15) is 5.82 Å². The molecular weight excluding hydrogens is 443 g/mol. The van der Waals surface area contributed by atoms with Crippen molar-refractivity contribution in [2.45, 2.75) is 6.54 Å². The number of rotatable bonds is 7. The molecule has 0 spiro atoms. The number of carbonyl (C=O) groups is 1. The van der Waals surface area contributed by atoms with E-state index in [1.807, 2.05) is 17.0 Å². The van der Waals surface area contributed by atoms with Gasteiger partial charge in [-0.3, -0.25) is 9.69 Å². The van der Waals surface area contributed by atoms with Crippen LogP contribution < -0.4 is 14.2 Å². The summed E-state index contributed by atoms with van der Waals surface area (Å²) in [4.78, 5) is 19.6. The lowest BCUT2D eigenvalue weighted by Gasteiger charge is -2.34. The molecule has 3 aromatic rings. The Morgan fingerprint density at radius 1 is 0.939 bits per heavy atom. The fourth-order valence-corrected chi connectivity index (χ4v) is 5.02. The summed E-state index contributed by atoms with van der Waals surface area (Å²) in [5.41, 5.74) is 1.41. The third kappa shape index (κ3) is 5.12. The first-order valence-electron chi connectivity index (χ1n) is 10.7. The SMILES string of the molecule is COc1cc(C(=O)N2CCN(Cc3ccc(-c4cccc(F)c4)s3)CC2)cc(OC)c1OC. The molecule has 2 aromatic carbocycles. The second kappa shape index (κ2) is 10.2. The molecule has 0 N–H and O–H groups in total. The van der Waals surface area contributed by atoms with Crippen molar-refractivity contribution in [3.8, 4) is 27.7 Å². The Kier molecular flexibility index (Phi) is 7.15. The topological polar surface area (TPSA) is 51.2 Å². The summed E-state index contributed by atoms with van der Waals surface area (Å²) in [5.74, 6) is 1.11. The van der Waals surface area contributed by atoms with E-state index in [2.05, 4.69) is 11.0 Å². The highest BCUT2D eigenvalue weighted by molar-refractivity contribution is 7.15. The predicted octanol–water partition coefficient (Wildman–Crippen LogP) is 4.54. The Labute approximate surface area is 197 Å². The van der Waals surface area contributed by atoms with Gasteiger partial charge in [0.15, 0.2) is 11.5 Å². The summed E-state index contributed by atoms with van der Waals surface area (Å²) in [6.07, 6.45) is 0. The van der Waals surface area contributed by atoms with Crippen molar-refractivity contribution >= 4 is 17.2 Å². The van der Waals surface area contributed by atoms with Crippen LogP contribution in [0.4, 0.5) is 4.39 Å². The number of thiophene rings is 1. The summed E-state index contributed by atoms with van der Waals surface area (Å²) in [6, 6.07) is 14.2. The van der Waals surface area contributed by atoms with Gasteiger partial charge < -0.3 is 19.1 Å². The molecule has 0 bridgehead atoms. The van der Waals surface area contributed by atoms with Crippen molar-refractivity contribution in [3.63, 3.8) is 0 Å². The number of amides is 1. The van der Waals surface area contributed by atoms with Gasteiger partial charge in [-0.05, 0) is 42.0 Å². The van der Waals surface area contributed by atoms with Crippen molar-refractivity contribution in [1.82, 2.24) is 9.80 Å². The van der Waals surface area contributed by atoms with E-state index in [4.69, 9.17) is 14.2 Å². The highest BCUT2D eigenvalue weighted by Gasteiger charge is 2.25. The van der Waals surface area contributed by atoms with Crippen LogP contribution in [-0.2, 0) is 6.54 Å². The molecule has 1 aliphatic rings. The molecular formula is C25H27FN2O4S. The van der Waals surface area contributed by atoms with E-state index in [1.165, 1.54) is 32.3 Å². The molecule has 1 saturated heterocycles. The van der Waals surface area contributed by atoms with E-state index in [1.54, 1.807) is 35.6 Å². The Bertz CT molecular complexity index is 1100. The average molecular weight is 471 g/mol. The quantitative estimate of drug-likeness (QED) is 0.508. The second-order valence-corrected chi connectivity index (χ2v) is 8.93. The van der Waals surface area contributed by atoms with Gasteiger partial charge in [0.2, 0.25) is 5.75 Å². The van der Waals surface area contributed by atoms with Crippen LogP contribution >= 0.6 is 11.3 Å². The molecule has 174 valence electrons. The van der Waals surface area contributed by atoms with E-state index >= 15 is 0 Å². The van der Waals surface area contributed by atoms with Crippen LogP contribution in [0.15, 0.2) is 48.5 Å². The third-order valence-corrected chi connectivity index (χ3v) is 6.84. The van der Waals surface area contributed by atoms with Crippen LogP contribution in [-0.4, -0.2) is 63.2 Å². The maximum absolute atomic E-state index is 13.5. The zero-order valence-electron chi connectivity index (χ0n) is 19.0. The van der Waals surface area contributed by atoms with Gasteiger partial charge in [0, 0.05) is 48.0 Å². The van der Waals surface area contributed by atoms with E-state index in [-0.39, 0.29) is 11.7 Å². The van der Waals surface area contributed by atoms with Gasteiger partial charge in [0.05, 0.1) is 21.3 Å². The standard InChI is InChI=1S/C25H27FN2O4S/c1-30-21-14-18(15-22(31-2)24(21)32-3)25(29)28-11-9-27(10-12-28)16-20-7-8-23(33-20)17-5-4-6-19(26)13-17/h4-8,13-15H,9-12,16H2,1-3H3. The predicted molar refractivity (Wildman–Crippen MR) is 127 cm³/mol. The summed E-state index contributed by atoms with van der Waals surface area (Å²) in [7, 11) is 4.61. The highest BCUT2D eigenvalue weighted by atomic mass is 32.1. The number of hydrogen-bond donors (Lipinski definition) is 0. The lowest BCUT2D eigenvalue weighted by molar-refractivity contribution is 0.0629. The maximum Gasteiger partial charge on any atom is 0.254 e. The van der Waals surface area contributed by atoms with Crippen molar-refractivity contribution in [2.75, 3.05) is 47.5 Å². The first kappa shape index (κ1) is 23.1. The largest absolute Gasteiger partial charge is 0.493 e. The normalized spacial score (nSPS) is 14.2. The van der Waals surface area contributed by atoms with E-state index in [9.17, 15) is 9.18 Å². The smallest absolute Gasteiger partial charge is 0.254 e. The molecule has 0 aliphatic carbocycles. The van der Waals surface area contributed by atoms with Gasteiger partial charge in [-0.25, -0.2) is 4.39 Å². The zero-order valence-corrected chi connectivity index (χ0v) is 19.8. The number of halogens is 1. The molecule has 0 unspecified atom stereocenters. The van der Waals surface area contributed by atoms with Crippen LogP contribution in [0.25, 0.3) is 10.4 Å². The van der Waals surface area contributed by atoms with E-state index in [0.717, 1.165) is 30.1 Å². The summed E-state index contributed by atoms with van der Waals surface area (Å²) < 4.78 is 29.6. The molecule has 0 saturated carbocycles. The van der Waals surface area contributed by atoms with Gasteiger partial charge in [-0.2, -0.15) is 0 Å². The van der Waals surface area contributed by atoms with Gasteiger partial charge in [0.25, 0.3) is 5.91 Å². The fraction of sp³-hybridized carbons (Fsp3) is 0.320. The van der Waals surface area contributed by atoms with E-state index in [0.29, 0.717) is 35.9 Å². The lowest BCUT2D eigenvalue weighted by atomic mass is 10.1. The monoisotopic (exact) mass is 470 g/mol. The van der Waals surface area contributed by atoms with Crippen LogP contribution in [0.3, 0.4) is 0 Å². The number of nitrogens with zero attached hydrogens (tertiary/aromatic N) is 2. The lowest BCUT2D eigenvalue weighted by Crippen LogP contribution is -2.48. The number of benzene rings is 2. The van der Waals surface area contributed by atoms with Crippen LogP contribution in [0.2, 0.25) is 0 Å². The number of carbonyl (C=O) groups excluding carboxylic acids is 1. The molecule has 6 nitrogen and oxygen atoms in total. The van der Waals surface area contributed by atoms with Crippen LogP contribution in [0.5, 0.6) is 17.2 Å². The molecule has 0 atom stereocenters. The minimum absolute atomic E-state index is 0.0570. The summed E-state index contributed by atoms with van der Waals surface area (Å²) in [5, 5.41) is 0. The molecule has 33 heavy (non-hydrogen) atoms. The minimum Gasteiger partial charge on any atom is -0.493 e. The molecule has 1 amide bonds. The fourth-order valence-electron chi connectivity index (χ4n) is 3.98. The number of piperazine rings is 1. The van der Waals surface area contributed by atoms with Gasteiger partial charge >= 0.3 is 0 Å². The summed E-state index contributed by atoms with van der Waals surface area (Å²) in [6.45, 7) is 3.65. The van der Waals surface area contributed by atoms with E-state index < -0.39 is 0 Å². The van der Waals surface area contributed by atoms with Crippen LogP contribution in [0, 0.1) is 5.82 Å². The molecule has 1 aliphatic heterocycles. The van der Waals surface area contributed by atoms with Crippen molar-refractivity contribution in [2.24, 2.45) is 0 Å². The molecule has 1 aromatic heterocycles. The van der Waals surface area contributed by atoms with Crippen molar-refractivity contribution in [3.05, 3.63) is 64.8 Å². The number of ether oxygens (including phenoxy) is 3. The maximum atomic E-state index is 13.5. The average Bonchev–Trinajstić information content (AvgIpc) is 3.31. The first-order valence-corrected chi connectivity index (χ1v) is 11.5. The molecule has 0 radical (unpaired) electrons. The van der Waals surface area contributed by atoms with Crippen molar-refractivity contribution < 1.29 is 23.4 Å². The molecule has 4 rings (SSSR count). The third-order valence-electron chi connectivity index (χ3n) is 5.72. The molecule has 1 fully saturated rings. The number of hydrogen-bond acceptors (Lipinski definition) is 6. The molecule has 2 heterocycles. The summed E-state index contributed by atoms with van der Waals surface area (Å²) >= 11 is 1.68. The van der Waals surface area contributed by atoms with Gasteiger partial charge in [-0.15, -0.1) is 11.3 Å². The Hall–Kier alpha value is -3.10. The first-order chi connectivity index (χ1) is 16.0. The minimum atomic E-state index is -0.227. The molecule has 8 heteroatoms. The number of methoxy groups -OCH3 is 3. The van der Waals surface area contributed by atoms with Crippen LogP contribution in [0.1, 0.15) is 15.2 Å². The van der Waals surface area contributed by atoms with Gasteiger partial charge in [-0.1, -0.05) is 12.1 Å². The van der Waals surface area contributed by atoms with Crippen molar-refractivity contribution in [1.29, 1.82) is 0 Å². The Balaban J connectivity index is 1.38. The highest BCUT2D eigenvalue weighted by Crippen LogP contribution is 2.38. The second-order valence-electron chi connectivity index (χ2n) is 7.76. The Morgan fingerprint density at radius 3 is 2.24 bits per heavy atom. The Morgan fingerprint density at radius 2 is 1.64 bits per heavy atom.